The van der Waals surface area contributed by atoms with E-state index in [4.69, 9.17) is 0 Å². The van der Waals surface area contributed by atoms with Crippen molar-refractivity contribution in [2.45, 2.75) is 13.0 Å². The molecule has 0 aromatic heterocycles. The molecule has 2 aromatic rings. The molecule has 0 saturated heterocycles. The standard InChI is InChI=1S/C15H9F5O2/c16-11-9(12(17)14(19)15(20)13(11)18)7-22-10(21)6-8-4-2-1-3-5-8/h1-5H,6-7H2. The Bertz CT molecular complexity index is 672. The van der Waals surface area contributed by atoms with Gasteiger partial charge in [-0.3, -0.25) is 4.79 Å². The zero-order valence-electron chi connectivity index (χ0n) is 11.0. The first-order chi connectivity index (χ1) is 10.4. The van der Waals surface area contributed by atoms with E-state index >= 15 is 0 Å². The number of esters is 1. The average molecular weight is 316 g/mol. The van der Waals surface area contributed by atoms with Crippen LogP contribution >= 0.6 is 0 Å². The van der Waals surface area contributed by atoms with E-state index in [9.17, 15) is 26.7 Å². The molecule has 0 heterocycles. The van der Waals surface area contributed by atoms with Crippen molar-refractivity contribution in [2.75, 3.05) is 0 Å². The number of hydrogen-bond donors (Lipinski definition) is 0. The summed E-state index contributed by atoms with van der Waals surface area (Å²) in [4.78, 5) is 11.5. The second-order valence-electron chi connectivity index (χ2n) is 4.37. The minimum atomic E-state index is -2.26. The van der Waals surface area contributed by atoms with Crippen LogP contribution in [0.3, 0.4) is 0 Å². The zero-order valence-corrected chi connectivity index (χ0v) is 11.0. The lowest BCUT2D eigenvalue weighted by molar-refractivity contribution is -0.144. The van der Waals surface area contributed by atoms with Gasteiger partial charge in [0.05, 0.1) is 12.0 Å². The molecule has 0 fully saturated rings. The average Bonchev–Trinajstić information content (AvgIpc) is 2.52. The third-order valence-corrected chi connectivity index (χ3v) is 2.87. The van der Waals surface area contributed by atoms with Crippen molar-refractivity contribution in [1.82, 2.24) is 0 Å². The first kappa shape index (κ1) is 15.9. The molecule has 2 rings (SSSR count). The van der Waals surface area contributed by atoms with Crippen molar-refractivity contribution < 1.29 is 31.5 Å². The molecule has 116 valence electrons. The molecule has 7 heteroatoms. The molecular formula is C15H9F5O2. The summed E-state index contributed by atoms with van der Waals surface area (Å²) in [5, 5.41) is 0. The van der Waals surface area contributed by atoms with Crippen LogP contribution in [0.1, 0.15) is 11.1 Å². The molecule has 0 saturated carbocycles. The predicted octanol–water partition coefficient (Wildman–Crippen LogP) is 3.67. The number of ether oxygens (including phenoxy) is 1. The van der Waals surface area contributed by atoms with Crippen LogP contribution in [0.15, 0.2) is 30.3 Å². The maximum absolute atomic E-state index is 13.4. The predicted molar refractivity (Wildman–Crippen MR) is 66.2 cm³/mol. The highest BCUT2D eigenvalue weighted by Crippen LogP contribution is 2.23. The Morgan fingerprint density at radius 2 is 1.32 bits per heavy atom. The smallest absolute Gasteiger partial charge is 0.310 e. The summed E-state index contributed by atoms with van der Waals surface area (Å²) in [6.07, 6.45) is -0.184. The number of benzene rings is 2. The van der Waals surface area contributed by atoms with Gasteiger partial charge in [0.15, 0.2) is 23.3 Å². The Morgan fingerprint density at radius 3 is 1.86 bits per heavy atom. The van der Waals surface area contributed by atoms with Gasteiger partial charge in [-0.1, -0.05) is 30.3 Å². The lowest BCUT2D eigenvalue weighted by Gasteiger charge is -2.09. The van der Waals surface area contributed by atoms with Gasteiger partial charge in [0.2, 0.25) is 5.82 Å². The van der Waals surface area contributed by atoms with Crippen molar-refractivity contribution in [1.29, 1.82) is 0 Å². The van der Waals surface area contributed by atoms with Crippen molar-refractivity contribution in [3.8, 4) is 0 Å². The molecule has 0 N–H and O–H groups in total. The molecule has 0 aliphatic rings. The summed E-state index contributed by atoms with van der Waals surface area (Å²) in [6, 6.07) is 8.32. The van der Waals surface area contributed by atoms with Crippen LogP contribution in [-0.4, -0.2) is 5.97 Å². The van der Waals surface area contributed by atoms with Gasteiger partial charge in [-0.25, -0.2) is 22.0 Å². The molecule has 0 atom stereocenters. The van der Waals surface area contributed by atoms with E-state index in [0.717, 1.165) is 0 Å². The molecule has 0 bridgehead atoms. The molecule has 2 nitrogen and oxygen atoms in total. The Labute approximate surface area is 122 Å². The quantitative estimate of drug-likeness (QED) is 0.372. The van der Waals surface area contributed by atoms with E-state index in [2.05, 4.69) is 4.74 Å². The summed E-state index contributed by atoms with van der Waals surface area (Å²) in [5.41, 5.74) is -0.595. The van der Waals surface area contributed by atoms with Crippen molar-refractivity contribution in [3.63, 3.8) is 0 Å². The summed E-state index contributed by atoms with van der Waals surface area (Å²) >= 11 is 0. The van der Waals surface area contributed by atoms with Gasteiger partial charge in [0.1, 0.15) is 6.61 Å². The van der Waals surface area contributed by atoms with Crippen LogP contribution in [-0.2, 0) is 22.6 Å². The van der Waals surface area contributed by atoms with Crippen LogP contribution in [0.25, 0.3) is 0 Å². The lowest BCUT2D eigenvalue weighted by Crippen LogP contribution is -2.13. The normalized spacial score (nSPS) is 10.6. The molecule has 0 unspecified atom stereocenters. The number of carbonyl (C=O) groups is 1. The van der Waals surface area contributed by atoms with E-state index in [1.54, 1.807) is 30.3 Å². The van der Waals surface area contributed by atoms with Gasteiger partial charge < -0.3 is 4.74 Å². The fraction of sp³-hybridized carbons (Fsp3) is 0.133. The van der Waals surface area contributed by atoms with Crippen LogP contribution in [0, 0.1) is 29.1 Å². The van der Waals surface area contributed by atoms with Crippen LogP contribution < -0.4 is 0 Å². The maximum Gasteiger partial charge on any atom is 0.310 e. The van der Waals surface area contributed by atoms with Crippen LogP contribution in [0.2, 0.25) is 0 Å². The van der Waals surface area contributed by atoms with E-state index in [1.807, 2.05) is 0 Å². The number of halogens is 5. The van der Waals surface area contributed by atoms with E-state index in [-0.39, 0.29) is 6.42 Å². The lowest BCUT2D eigenvalue weighted by atomic mass is 10.1. The molecule has 0 amide bonds. The van der Waals surface area contributed by atoms with E-state index < -0.39 is 47.2 Å². The first-order valence-corrected chi connectivity index (χ1v) is 6.11. The molecule has 0 aliphatic heterocycles. The summed E-state index contributed by atoms with van der Waals surface area (Å²) in [5.74, 6) is -11.3. The van der Waals surface area contributed by atoms with Gasteiger partial charge in [-0.05, 0) is 5.56 Å². The highest BCUT2D eigenvalue weighted by molar-refractivity contribution is 5.72. The topological polar surface area (TPSA) is 26.3 Å². The zero-order chi connectivity index (χ0) is 16.3. The number of rotatable bonds is 4. The number of hydrogen-bond acceptors (Lipinski definition) is 2. The minimum absolute atomic E-state index is 0.184. The minimum Gasteiger partial charge on any atom is -0.460 e. The highest BCUT2D eigenvalue weighted by atomic mass is 19.2. The van der Waals surface area contributed by atoms with Crippen molar-refractivity contribution in [2.24, 2.45) is 0 Å². The molecular weight excluding hydrogens is 307 g/mol. The third-order valence-electron chi connectivity index (χ3n) is 2.87. The summed E-state index contributed by atoms with van der Waals surface area (Å²) in [7, 11) is 0. The SMILES string of the molecule is O=C(Cc1ccccc1)OCc1c(F)c(F)c(F)c(F)c1F. The fourth-order valence-electron chi connectivity index (χ4n) is 1.74. The van der Waals surface area contributed by atoms with Crippen LogP contribution in [0.5, 0.6) is 0 Å². The monoisotopic (exact) mass is 316 g/mol. The largest absolute Gasteiger partial charge is 0.460 e. The van der Waals surface area contributed by atoms with Gasteiger partial charge in [-0.2, -0.15) is 0 Å². The number of carbonyl (C=O) groups excluding carboxylic acids is 1. The Balaban J connectivity index is 2.10. The molecule has 0 radical (unpaired) electrons. The van der Waals surface area contributed by atoms with Gasteiger partial charge >= 0.3 is 5.97 Å². The Morgan fingerprint density at radius 1 is 0.818 bits per heavy atom. The Hall–Kier alpha value is -2.44. The molecule has 0 spiro atoms. The van der Waals surface area contributed by atoms with E-state index in [0.29, 0.717) is 5.56 Å². The van der Waals surface area contributed by atoms with Gasteiger partial charge in [-0.15, -0.1) is 0 Å². The summed E-state index contributed by atoms with van der Waals surface area (Å²) in [6.45, 7) is -1.04. The summed E-state index contributed by atoms with van der Waals surface area (Å²) < 4.78 is 70.1. The van der Waals surface area contributed by atoms with E-state index in [1.165, 1.54) is 0 Å². The third kappa shape index (κ3) is 3.24. The highest BCUT2D eigenvalue weighted by Gasteiger charge is 2.26. The second-order valence-corrected chi connectivity index (χ2v) is 4.37. The maximum atomic E-state index is 13.4. The molecule has 0 aliphatic carbocycles. The van der Waals surface area contributed by atoms with Gasteiger partial charge in [0, 0.05) is 0 Å². The Kier molecular flexibility index (Phi) is 4.75. The first-order valence-electron chi connectivity index (χ1n) is 6.11. The van der Waals surface area contributed by atoms with Gasteiger partial charge in [0.25, 0.3) is 0 Å². The second kappa shape index (κ2) is 6.55. The molecule has 2 aromatic carbocycles. The fourth-order valence-corrected chi connectivity index (χ4v) is 1.74. The van der Waals surface area contributed by atoms with Crippen molar-refractivity contribution in [3.05, 3.63) is 70.5 Å². The van der Waals surface area contributed by atoms with Crippen LogP contribution in [0.4, 0.5) is 22.0 Å². The van der Waals surface area contributed by atoms with Crippen molar-refractivity contribution >= 4 is 5.97 Å². The molecule has 22 heavy (non-hydrogen) atoms.